The van der Waals surface area contributed by atoms with Gasteiger partial charge in [0.15, 0.2) is 0 Å². The third-order valence-corrected chi connectivity index (χ3v) is 6.77. The van der Waals surface area contributed by atoms with E-state index in [0.717, 1.165) is 45.3 Å². The van der Waals surface area contributed by atoms with E-state index in [0.29, 0.717) is 19.6 Å². The van der Waals surface area contributed by atoms with Crippen molar-refractivity contribution in [2.45, 2.75) is 77.0 Å². The summed E-state index contributed by atoms with van der Waals surface area (Å²) in [5.74, 6) is 0.378. The lowest BCUT2D eigenvalue weighted by molar-refractivity contribution is -0.133. The van der Waals surface area contributed by atoms with Crippen LogP contribution in [0, 0.1) is 5.41 Å². The van der Waals surface area contributed by atoms with E-state index in [9.17, 15) is 9.59 Å². The van der Waals surface area contributed by atoms with Crippen molar-refractivity contribution >= 4 is 11.8 Å². The first-order valence-corrected chi connectivity index (χ1v) is 11.2. The van der Waals surface area contributed by atoms with Gasteiger partial charge in [-0.3, -0.25) is 19.4 Å². The number of ether oxygens (including phenoxy) is 1. The van der Waals surface area contributed by atoms with E-state index in [1.54, 1.807) is 7.11 Å². The molecule has 0 aliphatic carbocycles. The smallest absolute Gasteiger partial charge is 0.239 e. The number of likely N-dealkylation sites (N-methyl/N-ethyl adjacent to an activating group) is 1. The van der Waals surface area contributed by atoms with Gasteiger partial charge >= 0.3 is 0 Å². The van der Waals surface area contributed by atoms with Gasteiger partial charge in [-0.2, -0.15) is 0 Å². The zero-order valence-corrected chi connectivity index (χ0v) is 18.9. The molecular weight excluding hydrogens is 368 g/mol. The van der Waals surface area contributed by atoms with E-state index in [2.05, 4.69) is 42.9 Å². The maximum Gasteiger partial charge on any atom is 0.239 e. The first-order chi connectivity index (χ1) is 13.7. The minimum Gasteiger partial charge on any atom is -0.383 e. The topological polar surface area (TPSA) is 65.1 Å². The van der Waals surface area contributed by atoms with Gasteiger partial charge < -0.3 is 15.0 Å². The predicted molar refractivity (Wildman–Crippen MR) is 114 cm³/mol. The summed E-state index contributed by atoms with van der Waals surface area (Å²) in [6.07, 6.45) is 4.43. The lowest BCUT2D eigenvalue weighted by atomic mass is 9.95. The van der Waals surface area contributed by atoms with Crippen LogP contribution in [0.5, 0.6) is 0 Å². The molecule has 0 saturated carbocycles. The number of likely N-dealkylation sites (tertiary alicyclic amines) is 2. The number of hydrogen-bond donors (Lipinski definition) is 1. The third-order valence-electron chi connectivity index (χ3n) is 6.77. The fourth-order valence-electron chi connectivity index (χ4n) is 5.40. The lowest BCUT2D eigenvalue weighted by Crippen LogP contribution is -2.51. The molecule has 0 bridgehead atoms. The Morgan fingerprint density at radius 2 is 1.97 bits per heavy atom. The van der Waals surface area contributed by atoms with Gasteiger partial charge in [0.2, 0.25) is 11.8 Å². The molecular formula is C22H40N4O3. The van der Waals surface area contributed by atoms with Crippen molar-refractivity contribution < 1.29 is 14.3 Å². The first kappa shape index (κ1) is 22.5. The summed E-state index contributed by atoms with van der Waals surface area (Å²) in [4.78, 5) is 32.4. The van der Waals surface area contributed by atoms with E-state index in [1.807, 2.05) is 4.90 Å². The maximum absolute atomic E-state index is 12.9. The molecule has 29 heavy (non-hydrogen) atoms. The molecule has 0 unspecified atom stereocenters. The number of nitrogens with one attached hydrogen (secondary N) is 1. The van der Waals surface area contributed by atoms with Gasteiger partial charge in [0, 0.05) is 51.8 Å². The number of carbonyl (C=O) groups excluding carboxylic acids is 2. The SMILES string of the molecule is COC[C@H]1CCCN1C(=O)CC[C@H]1CNC(=O)[C@@H]2[C@@H](CCN2CC(C)(C)C)N1C. The van der Waals surface area contributed by atoms with E-state index in [1.165, 1.54) is 0 Å². The molecule has 0 spiro atoms. The highest BCUT2D eigenvalue weighted by atomic mass is 16.5. The average molecular weight is 409 g/mol. The molecule has 0 aromatic heterocycles. The molecule has 2 amide bonds. The molecule has 7 nitrogen and oxygen atoms in total. The fraction of sp³-hybridized carbons (Fsp3) is 0.909. The van der Waals surface area contributed by atoms with Crippen LogP contribution >= 0.6 is 0 Å². The molecule has 3 aliphatic rings. The van der Waals surface area contributed by atoms with Crippen molar-refractivity contribution in [3.8, 4) is 0 Å². The average Bonchev–Trinajstić information content (AvgIpc) is 3.24. The Bertz CT molecular complexity index is 591. The van der Waals surface area contributed by atoms with Gasteiger partial charge in [-0.15, -0.1) is 0 Å². The van der Waals surface area contributed by atoms with Crippen LogP contribution in [-0.4, -0.2) is 97.6 Å². The summed E-state index contributed by atoms with van der Waals surface area (Å²) in [5, 5.41) is 3.17. The van der Waals surface area contributed by atoms with Gasteiger partial charge in [0.05, 0.1) is 12.6 Å². The van der Waals surface area contributed by atoms with E-state index >= 15 is 0 Å². The summed E-state index contributed by atoms with van der Waals surface area (Å²) >= 11 is 0. The molecule has 0 aromatic rings. The summed E-state index contributed by atoms with van der Waals surface area (Å²) < 4.78 is 5.28. The third kappa shape index (κ3) is 5.30. The van der Waals surface area contributed by atoms with Crippen LogP contribution in [0.15, 0.2) is 0 Å². The molecule has 3 aliphatic heterocycles. The molecule has 3 rings (SSSR count). The summed E-state index contributed by atoms with van der Waals surface area (Å²) in [5.41, 5.74) is 0.167. The molecule has 166 valence electrons. The zero-order chi connectivity index (χ0) is 21.2. The molecule has 3 fully saturated rings. The van der Waals surface area contributed by atoms with Crippen LogP contribution in [0.3, 0.4) is 0 Å². The molecule has 0 radical (unpaired) electrons. The number of fused-ring (bicyclic) bond motifs is 1. The van der Waals surface area contributed by atoms with Crippen molar-refractivity contribution in [2.75, 3.05) is 46.9 Å². The zero-order valence-electron chi connectivity index (χ0n) is 18.9. The largest absolute Gasteiger partial charge is 0.383 e. The van der Waals surface area contributed by atoms with Gasteiger partial charge in [0.1, 0.15) is 6.04 Å². The molecule has 1 N–H and O–H groups in total. The Kier molecular flexibility index (Phi) is 7.23. The van der Waals surface area contributed by atoms with E-state index in [-0.39, 0.29) is 41.4 Å². The Labute approximate surface area is 176 Å². The molecule has 3 saturated heterocycles. The number of methoxy groups -OCH3 is 1. The first-order valence-electron chi connectivity index (χ1n) is 11.2. The maximum atomic E-state index is 12.9. The summed E-state index contributed by atoms with van der Waals surface area (Å²) in [6.45, 7) is 10.7. The molecule has 3 heterocycles. The van der Waals surface area contributed by atoms with Crippen molar-refractivity contribution in [1.29, 1.82) is 0 Å². The second-order valence-corrected chi connectivity index (χ2v) is 10.3. The Morgan fingerprint density at radius 1 is 1.21 bits per heavy atom. The standard InChI is InChI=1S/C22H40N4O3/c1-22(2,3)15-25-12-10-18-20(25)21(28)23-13-16(24(18)4)8-9-19(27)26-11-6-7-17(26)14-29-5/h16-18,20H,6-15H2,1-5H3,(H,23,28)/t16-,17+,18+,20-/m0/s1. The minimum atomic E-state index is -0.0791. The Morgan fingerprint density at radius 3 is 2.66 bits per heavy atom. The molecule has 4 atom stereocenters. The minimum absolute atomic E-state index is 0.0791. The van der Waals surface area contributed by atoms with E-state index < -0.39 is 0 Å². The van der Waals surface area contributed by atoms with Crippen molar-refractivity contribution in [2.24, 2.45) is 5.41 Å². The second kappa shape index (κ2) is 9.31. The van der Waals surface area contributed by atoms with Crippen LogP contribution in [0.1, 0.15) is 52.9 Å². The van der Waals surface area contributed by atoms with Crippen LogP contribution < -0.4 is 5.32 Å². The quantitative estimate of drug-likeness (QED) is 0.718. The van der Waals surface area contributed by atoms with Crippen molar-refractivity contribution in [1.82, 2.24) is 20.0 Å². The normalized spacial score (nSPS) is 31.6. The van der Waals surface area contributed by atoms with Crippen LogP contribution in [0.4, 0.5) is 0 Å². The fourth-order valence-corrected chi connectivity index (χ4v) is 5.40. The number of rotatable bonds is 6. The van der Waals surface area contributed by atoms with Crippen molar-refractivity contribution in [3.05, 3.63) is 0 Å². The summed E-state index contributed by atoms with van der Waals surface area (Å²) in [6, 6.07) is 0.581. The van der Waals surface area contributed by atoms with Gasteiger partial charge in [0.25, 0.3) is 0 Å². The van der Waals surface area contributed by atoms with Gasteiger partial charge in [-0.25, -0.2) is 0 Å². The van der Waals surface area contributed by atoms with Gasteiger partial charge in [-0.1, -0.05) is 20.8 Å². The lowest BCUT2D eigenvalue weighted by Gasteiger charge is -2.35. The van der Waals surface area contributed by atoms with Crippen LogP contribution in [0.2, 0.25) is 0 Å². The summed E-state index contributed by atoms with van der Waals surface area (Å²) in [7, 11) is 3.84. The predicted octanol–water partition coefficient (Wildman–Crippen LogP) is 1.32. The number of nitrogens with zero attached hydrogens (tertiary/aromatic N) is 3. The van der Waals surface area contributed by atoms with Gasteiger partial charge in [-0.05, 0) is 38.1 Å². The Balaban J connectivity index is 1.59. The van der Waals surface area contributed by atoms with Crippen LogP contribution in [0.25, 0.3) is 0 Å². The number of amides is 2. The highest BCUT2D eigenvalue weighted by Gasteiger charge is 2.45. The highest BCUT2D eigenvalue weighted by Crippen LogP contribution is 2.30. The number of carbonyl (C=O) groups is 2. The van der Waals surface area contributed by atoms with E-state index in [4.69, 9.17) is 4.74 Å². The monoisotopic (exact) mass is 408 g/mol. The highest BCUT2D eigenvalue weighted by molar-refractivity contribution is 5.83. The van der Waals surface area contributed by atoms with Crippen LogP contribution in [-0.2, 0) is 14.3 Å². The Hall–Kier alpha value is -1.18. The second-order valence-electron chi connectivity index (χ2n) is 10.3. The molecule has 0 aromatic carbocycles. The van der Waals surface area contributed by atoms with Crippen molar-refractivity contribution in [3.63, 3.8) is 0 Å². The number of hydrogen-bond acceptors (Lipinski definition) is 5. The molecule has 7 heteroatoms.